The van der Waals surface area contributed by atoms with E-state index in [9.17, 15) is 0 Å². The molecule has 0 amide bonds. The van der Waals surface area contributed by atoms with Crippen LogP contribution in [0, 0.1) is 11.3 Å². The van der Waals surface area contributed by atoms with Crippen LogP contribution in [-0.2, 0) is 0 Å². The topological polar surface area (TPSA) is 86.8 Å². The van der Waals surface area contributed by atoms with Crippen LogP contribution in [0.4, 0.5) is 5.69 Å². The van der Waals surface area contributed by atoms with Crippen molar-refractivity contribution >= 4 is 19.1 Å². The molecule has 2 heterocycles. The van der Waals surface area contributed by atoms with Crippen molar-refractivity contribution in [2.24, 2.45) is 31.7 Å². The highest BCUT2D eigenvalue weighted by molar-refractivity contribution is 5.51. The summed E-state index contributed by atoms with van der Waals surface area (Å²) in [5.74, 6) is 1.57. The molecule has 1 N–H and O–H groups in total. The standard InChI is InChI=1S/C24H33N7O/c1-6-7-18-15-24(2,12-10-21(18)25-3)17-31-16-20(29-30-31)8-9-22(26-4)28-19-11-13-27-23(14-19)32-5/h6-9,11,13-14,18,21H,3-4,10,12,15-17H2,1-2,5H3,(H,27,28)/b7-6-,20-8+,22-9+/t18?,21-,24?/m1/s1. The molecular weight excluding hydrogens is 402 g/mol. The number of aliphatic imine (C=N–C) groups is 2. The summed E-state index contributed by atoms with van der Waals surface area (Å²) in [5.41, 5.74) is 1.87. The molecule has 8 nitrogen and oxygen atoms in total. The quantitative estimate of drug-likeness (QED) is 0.434. The van der Waals surface area contributed by atoms with E-state index >= 15 is 0 Å². The van der Waals surface area contributed by atoms with Crippen molar-refractivity contribution in [3.8, 4) is 5.88 Å². The average molecular weight is 436 g/mol. The number of methoxy groups -OCH3 is 1. The number of ether oxygens (including phenoxy) is 1. The van der Waals surface area contributed by atoms with Crippen LogP contribution in [0.2, 0.25) is 0 Å². The van der Waals surface area contributed by atoms with Crippen molar-refractivity contribution in [2.75, 3.05) is 25.5 Å². The summed E-state index contributed by atoms with van der Waals surface area (Å²) in [7, 11) is 1.58. The molecule has 2 aliphatic rings. The number of rotatable bonds is 9. The number of aromatic nitrogens is 1. The Bertz CT molecular complexity index is 936. The molecule has 170 valence electrons. The SMILES string of the molecule is C=N/C(=C\C=C1/CN(CC2(C)CC[C@@H](N=C)C(/C=C\C)C2)N=N1)Nc1ccnc(OC)c1. The van der Waals surface area contributed by atoms with Gasteiger partial charge in [0.2, 0.25) is 5.88 Å². The fraction of sp³-hybridized carbons (Fsp3) is 0.458. The molecule has 8 heteroatoms. The Morgan fingerprint density at radius 1 is 1.44 bits per heavy atom. The lowest BCUT2D eigenvalue weighted by Gasteiger charge is -2.41. The van der Waals surface area contributed by atoms with E-state index in [2.05, 4.69) is 75.1 Å². The maximum atomic E-state index is 5.15. The molecule has 0 spiro atoms. The molecule has 0 saturated heterocycles. The lowest BCUT2D eigenvalue weighted by atomic mass is 9.68. The fourth-order valence-corrected chi connectivity index (χ4v) is 4.37. The zero-order valence-electron chi connectivity index (χ0n) is 19.2. The lowest BCUT2D eigenvalue weighted by molar-refractivity contribution is 0.105. The third kappa shape index (κ3) is 6.12. The van der Waals surface area contributed by atoms with Gasteiger partial charge in [-0.25, -0.2) is 9.98 Å². The number of nitrogens with one attached hydrogen (secondary N) is 1. The third-order valence-electron chi connectivity index (χ3n) is 5.97. The number of pyridine rings is 1. The van der Waals surface area contributed by atoms with E-state index in [0.29, 0.717) is 30.2 Å². The summed E-state index contributed by atoms with van der Waals surface area (Å²) in [6, 6.07) is 3.95. The van der Waals surface area contributed by atoms with Gasteiger partial charge in [-0.1, -0.05) is 24.3 Å². The summed E-state index contributed by atoms with van der Waals surface area (Å²) in [4.78, 5) is 12.5. The number of allylic oxidation sites excluding steroid dienone is 3. The van der Waals surface area contributed by atoms with Crippen molar-refractivity contribution in [1.29, 1.82) is 0 Å². The second-order valence-corrected chi connectivity index (χ2v) is 8.59. The maximum absolute atomic E-state index is 5.15. The van der Waals surface area contributed by atoms with Crippen molar-refractivity contribution in [2.45, 2.75) is 39.2 Å². The number of anilines is 1. The van der Waals surface area contributed by atoms with Gasteiger partial charge in [0, 0.05) is 24.5 Å². The summed E-state index contributed by atoms with van der Waals surface area (Å²) < 4.78 is 5.15. The predicted molar refractivity (Wildman–Crippen MR) is 130 cm³/mol. The van der Waals surface area contributed by atoms with Gasteiger partial charge in [0.1, 0.15) is 5.82 Å². The molecule has 1 aliphatic heterocycles. The summed E-state index contributed by atoms with van der Waals surface area (Å²) >= 11 is 0. The second kappa shape index (κ2) is 10.8. The number of hydrogen-bond donors (Lipinski definition) is 1. The van der Waals surface area contributed by atoms with Gasteiger partial charge in [-0.3, -0.25) is 10.0 Å². The average Bonchev–Trinajstić information content (AvgIpc) is 3.23. The van der Waals surface area contributed by atoms with Crippen LogP contribution in [0.1, 0.15) is 33.1 Å². The van der Waals surface area contributed by atoms with Crippen LogP contribution >= 0.6 is 0 Å². The minimum atomic E-state index is 0.172. The molecule has 1 saturated carbocycles. The van der Waals surface area contributed by atoms with Crippen molar-refractivity contribution in [1.82, 2.24) is 9.99 Å². The van der Waals surface area contributed by atoms with Crippen molar-refractivity contribution in [3.63, 3.8) is 0 Å². The van der Waals surface area contributed by atoms with Crippen LogP contribution in [0.25, 0.3) is 0 Å². The van der Waals surface area contributed by atoms with E-state index < -0.39 is 0 Å². The van der Waals surface area contributed by atoms with Crippen LogP contribution in [0.15, 0.2) is 74.5 Å². The Hall–Kier alpha value is -3.29. The molecule has 1 aromatic rings. The van der Waals surface area contributed by atoms with Crippen LogP contribution < -0.4 is 10.1 Å². The Morgan fingerprint density at radius 3 is 3.00 bits per heavy atom. The van der Waals surface area contributed by atoms with E-state index in [-0.39, 0.29) is 5.41 Å². The van der Waals surface area contributed by atoms with E-state index in [4.69, 9.17) is 4.74 Å². The van der Waals surface area contributed by atoms with Gasteiger partial charge in [0.05, 0.1) is 25.4 Å². The highest BCUT2D eigenvalue weighted by Crippen LogP contribution is 2.42. The van der Waals surface area contributed by atoms with Gasteiger partial charge in [-0.05, 0) is 69.2 Å². The lowest BCUT2D eigenvalue weighted by Crippen LogP contribution is -2.40. The van der Waals surface area contributed by atoms with Gasteiger partial charge in [0.15, 0.2) is 0 Å². The maximum Gasteiger partial charge on any atom is 0.214 e. The molecule has 1 aliphatic carbocycles. The van der Waals surface area contributed by atoms with Crippen LogP contribution in [-0.4, -0.2) is 49.7 Å². The van der Waals surface area contributed by atoms with Gasteiger partial charge in [-0.15, -0.1) is 5.11 Å². The molecule has 32 heavy (non-hydrogen) atoms. The van der Waals surface area contributed by atoms with E-state index in [1.54, 1.807) is 19.4 Å². The Labute approximate surface area is 190 Å². The zero-order valence-corrected chi connectivity index (χ0v) is 19.2. The molecule has 1 aromatic heterocycles. The monoisotopic (exact) mass is 435 g/mol. The number of nitrogens with zero attached hydrogens (tertiary/aromatic N) is 6. The zero-order chi connectivity index (χ0) is 23.0. The molecule has 0 aromatic carbocycles. The second-order valence-electron chi connectivity index (χ2n) is 8.59. The first-order chi connectivity index (χ1) is 15.5. The Morgan fingerprint density at radius 2 is 2.28 bits per heavy atom. The minimum absolute atomic E-state index is 0.172. The molecule has 1 fully saturated rings. The van der Waals surface area contributed by atoms with Gasteiger partial charge >= 0.3 is 0 Å². The summed E-state index contributed by atoms with van der Waals surface area (Å²) in [6.45, 7) is 13.4. The molecule has 3 rings (SSSR count). The third-order valence-corrected chi connectivity index (χ3v) is 5.97. The van der Waals surface area contributed by atoms with Gasteiger partial charge in [0.25, 0.3) is 0 Å². The normalized spacial score (nSPS) is 27.2. The molecule has 2 unspecified atom stereocenters. The summed E-state index contributed by atoms with van der Waals surface area (Å²) in [6.07, 6.45) is 13.1. The van der Waals surface area contributed by atoms with E-state index in [0.717, 1.165) is 37.2 Å². The first-order valence-electron chi connectivity index (χ1n) is 10.9. The number of hydrogen-bond acceptors (Lipinski definition) is 8. The smallest absolute Gasteiger partial charge is 0.214 e. The molecule has 3 atom stereocenters. The van der Waals surface area contributed by atoms with Gasteiger partial charge < -0.3 is 10.1 Å². The first-order valence-corrected chi connectivity index (χ1v) is 10.9. The first kappa shape index (κ1) is 23.4. The minimum Gasteiger partial charge on any atom is -0.481 e. The molecule has 0 radical (unpaired) electrons. The van der Waals surface area contributed by atoms with E-state index in [1.165, 1.54) is 0 Å². The van der Waals surface area contributed by atoms with E-state index in [1.807, 2.05) is 18.2 Å². The van der Waals surface area contributed by atoms with Crippen LogP contribution in [0.3, 0.4) is 0 Å². The largest absolute Gasteiger partial charge is 0.481 e. The highest BCUT2D eigenvalue weighted by atomic mass is 16.5. The van der Waals surface area contributed by atoms with Crippen molar-refractivity contribution in [3.05, 3.63) is 54.2 Å². The highest BCUT2D eigenvalue weighted by Gasteiger charge is 2.38. The summed E-state index contributed by atoms with van der Waals surface area (Å²) in [5, 5.41) is 14.0. The van der Waals surface area contributed by atoms with Gasteiger partial charge in [-0.2, -0.15) is 0 Å². The predicted octanol–water partition coefficient (Wildman–Crippen LogP) is 5.06. The molecular formula is C24H33N7O. The van der Waals surface area contributed by atoms with Crippen LogP contribution in [0.5, 0.6) is 5.88 Å². The molecule has 0 bridgehead atoms. The van der Waals surface area contributed by atoms with Crippen molar-refractivity contribution < 1.29 is 4.74 Å². The fourth-order valence-electron chi connectivity index (χ4n) is 4.37. The Kier molecular flexibility index (Phi) is 7.92. The Balaban J connectivity index is 1.60.